The van der Waals surface area contributed by atoms with Crippen LogP contribution in [0.25, 0.3) is 28.1 Å². The highest BCUT2D eigenvalue weighted by atomic mass is 35.5. The molecule has 4 rings (SSSR count). The van der Waals surface area contributed by atoms with Crippen LogP contribution in [0.4, 0.5) is 0 Å². The minimum atomic E-state index is 0.0819. The predicted molar refractivity (Wildman–Crippen MR) is 155 cm³/mol. The van der Waals surface area contributed by atoms with Crippen molar-refractivity contribution in [2.75, 3.05) is 33.1 Å². The van der Waals surface area contributed by atoms with Gasteiger partial charge in [-0.1, -0.05) is 30.9 Å². The molecule has 6 nitrogen and oxygen atoms in total. The fourth-order valence-electron chi connectivity index (χ4n) is 4.83. The van der Waals surface area contributed by atoms with E-state index in [0.717, 1.165) is 58.5 Å². The van der Waals surface area contributed by atoms with Gasteiger partial charge in [-0.05, 0) is 66.5 Å². The van der Waals surface area contributed by atoms with Crippen LogP contribution in [0.3, 0.4) is 0 Å². The molecular formula is C30H35ClN6. The van der Waals surface area contributed by atoms with Crippen LogP contribution in [0, 0.1) is 18.3 Å². The van der Waals surface area contributed by atoms with E-state index >= 15 is 0 Å². The summed E-state index contributed by atoms with van der Waals surface area (Å²) in [4.78, 5) is 20.8. The summed E-state index contributed by atoms with van der Waals surface area (Å²) in [6, 6.07) is 10.3. The van der Waals surface area contributed by atoms with Crippen LogP contribution >= 0.6 is 11.6 Å². The smallest absolute Gasteiger partial charge is 0.159 e. The van der Waals surface area contributed by atoms with Gasteiger partial charge in [0, 0.05) is 74.2 Å². The third-order valence-electron chi connectivity index (χ3n) is 6.81. The van der Waals surface area contributed by atoms with Crippen molar-refractivity contribution in [2.24, 2.45) is 22.1 Å². The Kier molecular flexibility index (Phi) is 8.52. The number of alkyl halides is 1. The molecule has 2 heterocycles. The summed E-state index contributed by atoms with van der Waals surface area (Å²) in [5, 5.41) is 0. The van der Waals surface area contributed by atoms with Crippen LogP contribution in [0.5, 0.6) is 0 Å². The maximum atomic E-state index is 6.14. The molecule has 2 aromatic heterocycles. The molecule has 37 heavy (non-hydrogen) atoms. The Balaban J connectivity index is 1.66. The van der Waals surface area contributed by atoms with Gasteiger partial charge in [-0.2, -0.15) is 0 Å². The van der Waals surface area contributed by atoms with Gasteiger partial charge in [0.25, 0.3) is 0 Å². The van der Waals surface area contributed by atoms with Crippen LogP contribution in [-0.2, 0) is 0 Å². The average molecular weight is 515 g/mol. The summed E-state index contributed by atoms with van der Waals surface area (Å²) in [6.45, 7) is 7.37. The molecule has 3 aromatic rings. The molecule has 1 saturated carbocycles. The quantitative estimate of drug-likeness (QED) is 0.216. The Labute approximate surface area is 225 Å². The first kappa shape index (κ1) is 26.7. The molecular weight excluding hydrogens is 480 g/mol. The third kappa shape index (κ3) is 6.32. The van der Waals surface area contributed by atoms with Gasteiger partial charge in [-0.25, -0.2) is 9.97 Å². The first-order chi connectivity index (χ1) is 17.9. The molecule has 0 spiro atoms. The number of rotatable bonds is 10. The molecule has 1 aliphatic rings. The number of hydrogen-bond donors (Lipinski definition) is 1. The molecule has 7 heteroatoms. The maximum Gasteiger partial charge on any atom is 0.159 e. The van der Waals surface area contributed by atoms with Gasteiger partial charge in [-0.3, -0.25) is 9.98 Å². The number of allylic oxidation sites excluding steroid dienone is 2. The summed E-state index contributed by atoms with van der Waals surface area (Å²) in [7, 11) is 3.99. The second-order valence-electron chi connectivity index (χ2n) is 10.2. The largest absolute Gasteiger partial charge is 0.383 e. The van der Waals surface area contributed by atoms with Crippen molar-refractivity contribution in [1.82, 2.24) is 19.9 Å². The van der Waals surface area contributed by atoms with E-state index < -0.39 is 0 Å². The highest BCUT2D eigenvalue weighted by Gasteiger charge is 2.42. The van der Waals surface area contributed by atoms with E-state index in [-0.39, 0.29) is 5.41 Å². The van der Waals surface area contributed by atoms with Gasteiger partial charge in [0.1, 0.15) is 0 Å². The van der Waals surface area contributed by atoms with Gasteiger partial charge in [0.05, 0.1) is 5.69 Å². The summed E-state index contributed by atoms with van der Waals surface area (Å²) in [5.74, 6) is 1.76. The topological polar surface area (TPSA) is 80.3 Å². The van der Waals surface area contributed by atoms with E-state index in [1.807, 2.05) is 75.1 Å². The van der Waals surface area contributed by atoms with E-state index in [2.05, 4.69) is 29.8 Å². The van der Waals surface area contributed by atoms with Crippen LogP contribution < -0.4 is 5.73 Å². The fraction of sp³-hybridized carbons (Fsp3) is 0.333. The number of benzene rings is 1. The van der Waals surface area contributed by atoms with E-state index in [1.165, 1.54) is 0 Å². The van der Waals surface area contributed by atoms with E-state index in [0.29, 0.717) is 24.2 Å². The third-order valence-corrected chi connectivity index (χ3v) is 7.38. The zero-order chi connectivity index (χ0) is 26.4. The lowest BCUT2D eigenvalue weighted by Crippen LogP contribution is -2.45. The molecule has 0 radical (unpaired) electrons. The molecule has 0 atom stereocenters. The first-order valence-corrected chi connectivity index (χ1v) is 13.1. The molecule has 1 aliphatic carbocycles. The minimum absolute atomic E-state index is 0.0819. The summed E-state index contributed by atoms with van der Waals surface area (Å²) in [6.07, 6.45) is 13.4. The van der Waals surface area contributed by atoms with Crippen molar-refractivity contribution in [2.45, 2.75) is 19.8 Å². The van der Waals surface area contributed by atoms with E-state index in [4.69, 9.17) is 32.3 Å². The Morgan fingerprint density at radius 3 is 2.70 bits per heavy atom. The van der Waals surface area contributed by atoms with Gasteiger partial charge in [0.15, 0.2) is 5.82 Å². The lowest BCUT2D eigenvalue weighted by Gasteiger charge is -2.45. The average Bonchev–Trinajstić information content (AvgIpc) is 2.88. The molecule has 2 N–H and O–H groups in total. The van der Waals surface area contributed by atoms with Crippen LogP contribution in [-0.4, -0.2) is 59.1 Å². The zero-order valence-corrected chi connectivity index (χ0v) is 22.6. The molecule has 1 aromatic carbocycles. The normalized spacial score (nSPS) is 19.6. The number of aromatic nitrogens is 3. The van der Waals surface area contributed by atoms with Crippen molar-refractivity contribution in [3.05, 3.63) is 84.6 Å². The van der Waals surface area contributed by atoms with Crippen LogP contribution in [0.1, 0.15) is 29.7 Å². The Hall–Kier alpha value is -3.35. The Bertz CT molecular complexity index is 1300. The number of aryl methyl sites for hydroxylation is 1. The summed E-state index contributed by atoms with van der Waals surface area (Å²) >= 11 is 6.14. The van der Waals surface area contributed by atoms with E-state index in [1.54, 1.807) is 0 Å². The highest BCUT2D eigenvalue weighted by molar-refractivity contribution is 6.18. The number of nitrogens with zero attached hydrogens (tertiary/aromatic N) is 5. The molecule has 1 fully saturated rings. The second-order valence-corrected chi connectivity index (χ2v) is 10.5. The van der Waals surface area contributed by atoms with Crippen LogP contribution in [0.2, 0.25) is 0 Å². The Morgan fingerprint density at radius 2 is 2.03 bits per heavy atom. The van der Waals surface area contributed by atoms with Crippen molar-refractivity contribution in [1.29, 1.82) is 0 Å². The van der Waals surface area contributed by atoms with Crippen molar-refractivity contribution in [3.63, 3.8) is 0 Å². The number of hydrogen-bond acceptors (Lipinski definition) is 6. The molecule has 0 aliphatic heterocycles. The summed E-state index contributed by atoms with van der Waals surface area (Å²) < 4.78 is 0. The second kappa shape index (κ2) is 11.8. The van der Waals surface area contributed by atoms with Gasteiger partial charge < -0.3 is 10.6 Å². The van der Waals surface area contributed by atoms with Gasteiger partial charge in [-0.15, -0.1) is 11.6 Å². The lowest BCUT2D eigenvalue weighted by atomic mass is 9.63. The maximum absolute atomic E-state index is 6.14. The van der Waals surface area contributed by atoms with Crippen molar-refractivity contribution >= 4 is 23.4 Å². The monoisotopic (exact) mass is 514 g/mol. The number of nitrogens with two attached hydrogens (primary N) is 1. The molecule has 0 saturated heterocycles. The number of aliphatic imine (C=N–C) groups is 1. The molecule has 0 bridgehead atoms. The van der Waals surface area contributed by atoms with Gasteiger partial charge in [0.2, 0.25) is 0 Å². The molecule has 192 valence electrons. The number of halogens is 1. The fourth-order valence-corrected chi connectivity index (χ4v) is 5.16. The lowest BCUT2D eigenvalue weighted by molar-refractivity contribution is 0.0951. The summed E-state index contributed by atoms with van der Waals surface area (Å²) in [5.41, 5.74) is 12.8. The van der Waals surface area contributed by atoms with Crippen molar-refractivity contribution < 1.29 is 0 Å². The first-order valence-electron chi connectivity index (χ1n) is 12.5. The predicted octanol–water partition coefficient (Wildman–Crippen LogP) is 5.62. The SMILES string of the molecule is C=C/C(=C\N(C)C)c1cccc(-c2ncc(-c3cncc(C)c3)c(C=NCC3CC(CN)(CCl)C3)n2)c1. The highest BCUT2D eigenvalue weighted by Crippen LogP contribution is 2.45. The molecule has 0 unspecified atom stereocenters. The van der Waals surface area contributed by atoms with Gasteiger partial charge >= 0.3 is 0 Å². The Morgan fingerprint density at radius 1 is 1.22 bits per heavy atom. The zero-order valence-electron chi connectivity index (χ0n) is 21.9. The standard InChI is InChI=1S/C30H35ClN6/c1-5-23(18-37(3)4)24-7-6-8-25(10-24)29-35-16-27(26-9-21(2)13-33-15-26)28(36-29)17-34-14-22-11-30(12-22,19-31)20-32/h5-10,13,15-18,22H,1,11-12,14,19-20,32H2,2-4H3/b23-18+,34-17?. The van der Waals surface area contributed by atoms with Crippen molar-refractivity contribution in [3.8, 4) is 22.5 Å². The van der Waals surface area contributed by atoms with E-state index in [9.17, 15) is 0 Å². The number of pyridine rings is 1. The van der Waals surface area contributed by atoms with Crippen LogP contribution in [0.15, 0.2) is 72.8 Å². The molecule has 0 amide bonds. The minimum Gasteiger partial charge on any atom is -0.383 e.